The van der Waals surface area contributed by atoms with Crippen LogP contribution in [-0.2, 0) is 0 Å². The minimum absolute atomic E-state index is 0.259. The first-order chi connectivity index (χ1) is 7.65. The van der Waals surface area contributed by atoms with Crippen LogP contribution in [0.15, 0.2) is 18.2 Å². The Morgan fingerprint density at radius 3 is 2.56 bits per heavy atom. The van der Waals surface area contributed by atoms with Gasteiger partial charge in [-0.1, -0.05) is 11.6 Å². The lowest BCUT2D eigenvalue weighted by Crippen LogP contribution is -2.31. The molecule has 0 saturated heterocycles. The minimum atomic E-state index is -0.282. The molecule has 1 aliphatic heterocycles. The van der Waals surface area contributed by atoms with Gasteiger partial charge in [0.2, 0.25) is 0 Å². The van der Waals surface area contributed by atoms with Crippen LogP contribution >= 0.6 is 11.6 Å². The van der Waals surface area contributed by atoms with Gasteiger partial charge in [-0.05, 0) is 31.2 Å². The van der Waals surface area contributed by atoms with Crippen LogP contribution in [0.1, 0.15) is 27.1 Å². The third-order valence-corrected chi connectivity index (χ3v) is 2.75. The zero-order chi connectivity index (χ0) is 11.7. The number of imide groups is 1. The van der Waals surface area contributed by atoms with E-state index in [1.807, 2.05) is 0 Å². The second-order valence-corrected chi connectivity index (χ2v) is 4.03. The fourth-order valence-electron chi connectivity index (χ4n) is 1.72. The van der Waals surface area contributed by atoms with Crippen LogP contribution < -0.4 is 5.73 Å². The van der Waals surface area contributed by atoms with E-state index >= 15 is 0 Å². The Hall–Kier alpha value is -1.39. The van der Waals surface area contributed by atoms with Crippen molar-refractivity contribution in [3.8, 4) is 0 Å². The van der Waals surface area contributed by atoms with Crippen molar-refractivity contribution < 1.29 is 9.59 Å². The van der Waals surface area contributed by atoms with Gasteiger partial charge in [0.25, 0.3) is 11.8 Å². The van der Waals surface area contributed by atoms with Crippen LogP contribution in [0.3, 0.4) is 0 Å². The van der Waals surface area contributed by atoms with E-state index in [4.69, 9.17) is 17.3 Å². The summed E-state index contributed by atoms with van der Waals surface area (Å²) in [4.78, 5) is 24.9. The molecule has 0 fully saturated rings. The first-order valence-corrected chi connectivity index (χ1v) is 5.38. The number of amides is 2. The Morgan fingerprint density at radius 1 is 1.19 bits per heavy atom. The van der Waals surface area contributed by atoms with Gasteiger partial charge >= 0.3 is 0 Å². The molecular weight excluding hydrogens is 228 g/mol. The molecule has 0 unspecified atom stereocenters. The van der Waals surface area contributed by atoms with Gasteiger partial charge in [-0.2, -0.15) is 0 Å². The summed E-state index contributed by atoms with van der Waals surface area (Å²) in [6.45, 7) is 0.814. The van der Waals surface area contributed by atoms with Gasteiger partial charge in [-0.15, -0.1) is 0 Å². The van der Waals surface area contributed by atoms with Gasteiger partial charge in [0.05, 0.1) is 11.1 Å². The van der Waals surface area contributed by atoms with Crippen molar-refractivity contribution in [2.45, 2.75) is 6.42 Å². The van der Waals surface area contributed by atoms with Crippen LogP contribution in [-0.4, -0.2) is 29.8 Å². The molecule has 2 amide bonds. The second-order valence-electron chi connectivity index (χ2n) is 3.59. The Labute approximate surface area is 98.0 Å². The molecule has 0 radical (unpaired) electrons. The van der Waals surface area contributed by atoms with E-state index in [0.29, 0.717) is 35.7 Å². The standard InChI is InChI=1S/C11H11ClN2O2/c12-7-2-3-8-9(6-7)11(16)14(10(8)15)5-1-4-13/h2-3,6H,1,4-5,13H2. The van der Waals surface area contributed by atoms with Crippen LogP contribution in [0.5, 0.6) is 0 Å². The van der Waals surface area contributed by atoms with E-state index in [2.05, 4.69) is 0 Å². The van der Waals surface area contributed by atoms with E-state index < -0.39 is 0 Å². The number of hydrogen-bond acceptors (Lipinski definition) is 3. The summed E-state index contributed by atoms with van der Waals surface area (Å²) in [6, 6.07) is 4.72. The van der Waals surface area contributed by atoms with Crippen molar-refractivity contribution in [1.29, 1.82) is 0 Å². The number of carbonyl (C=O) groups excluding carboxylic acids is 2. The maximum atomic E-state index is 11.9. The van der Waals surface area contributed by atoms with Gasteiger partial charge in [-0.3, -0.25) is 14.5 Å². The van der Waals surface area contributed by atoms with Crippen molar-refractivity contribution in [1.82, 2.24) is 4.90 Å². The number of nitrogens with two attached hydrogens (primary N) is 1. The highest BCUT2D eigenvalue weighted by atomic mass is 35.5. The normalized spacial score (nSPS) is 14.5. The number of fused-ring (bicyclic) bond motifs is 1. The summed E-state index contributed by atoms with van der Waals surface area (Å²) in [5.41, 5.74) is 6.16. The Kier molecular flexibility index (Phi) is 2.94. The third kappa shape index (κ3) is 1.70. The fourth-order valence-corrected chi connectivity index (χ4v) is 1.89. The lowest BCUT2D eigenvalue weighted by Gasteiger charge is -2.12. The van der Waals surface area contributed by atoms with E-state index in [1.54, 1.807) is 12.1 Å². The SMILES string of the molecule is NCCCN1C(=O)c2ccc(Cl)cc2C1=O. The smallest absolute Gasteiger partial charge is 0.261 e. The van der Waals surface area contributed by atoms with Crippen LogP contribution in [0.25, 0.3) is 0 Å². The average Bonchev–Trinajstić information content (AvgIpc) is 2.50. The van der Waals surface area contributed by atoms with Crippen LogP contribution in [0.4, 0.5) is 0 Å². The molecule has 84 valence electrons. The average molecular weight is 239 g/mol. The van der Waals surface area contributed by atoms with Crippen molar-refractivity contribution in [2.75, 3.05) is 13.1 Å². The highest BCUT2D eigenvalue weighted by Gasteiger charge is 2.34. The van der Waals surface area contributed by atoms with Gasteiger partial charge in [0, 0.05) is 11.6 Å². The van der Waals surface area contributed by atoms with Crippen LogP contribution in [0, 0.1) is 0 Å². The first kappa shape index (κ1) is 11.1. The van der Waals surface area contributed by atoms with E-state index in [9.17, 15) is 9.59 Å². The molecule has 2 N–H and O–H groups in total. The zero-order valence-electron chi connectivity index (χ0n) is 8.57. The van der Waals surface area contributed by atoms with Crippen LogP contribution in [0.2, 0.25) is 5.02 Å². The molecule has 0 atom stereocenters. The molecule has 0 aliphatic carbocycles. The highest BCUT2D eigenvalue weighted by Crippen LogP contribution is 2.25. The number of halogens is 1. The summed E-state index contributed by atoms with van der Waals surface area (Å²) in [5, 5.41) is 0.459. The molecular formula is C11H11ClN2O2. The largest absolute Gasteiger partial charge is 0.330 e. The molecule has 1 aromatic carbocycles. The van der Waals surface area contributed by atoms with Gasteiger partial charge in [-0.25, -0.2) is 0 Å². The Bertz CT molecular complexity index is 459. The summed E-state index contributed by atoms with van der Waals surface area (Å²) in [5.74, 6) is -0.541. The van der Waals surface area contributed by atoms with Crippen molar-refractivity contribution in [3.05, 3.63) is 34.3 Å². The predicted molar refractivity (Wildman–Crippen MR) is 60.5 cm³/mol. The van der Waals surface area contributed by atoms with Crippen molar-refractivity contribution in [3.63, 3.8) is 0 Å². The molecule has 1 aliphatic rings. The van der Waals surface area contributed by atoms with Crippen molar-refractivity contribution >= 4 is 23.4 Å². The quantitative estimate of drug-likeness (QED) is 0.807. The van der Waals surface area contributed by atoms with E-state index in [0.717, 1.165) is 0 Å². The Balaban J connectivity index is 2.33. The van der Waals surface area contributed by atoms with Gasteiger partial charge in [0.15, 0.2) is 0 Å². The summed E-state index contributed by atoms with van der Waals surface area (Å²) < 4.78 is 0. The molecule has 5 heteroatoms. The highest BCUT2D eigenvalue weighted by molar-refractivity contribution is 6.32. The number of carbonyl (C=O) groups is 2. The topological polar surface area (TPSA) is 63.4 Å². The summed E-state index contributed by atoms with van der Waals surface area (Å²) >= 11 is 5.79. The maximum Gasteiger partial charge on any atom is 0.261 e. The number of benzene rings is 1. The van der Waals surface area contributed by atoms with E-state index in [1.165, 1.54) is 11.0 Å². The lowest BCUT2D eigenvalue weighted by molar-refractivity contribution is 0.0653. The Morgan fingerprint density at radius 2 is 1.88 bits per heavy atom. The van der Waals surface area contributed by atoms with Crippen molar-refractivity contribution in [2.24, 2.45) is 5.73 Å². The molecule has 16 heavy (non-hydrogen) atoms. The number of rotatable bonds is 3. The second kappa shape index (κ2) is 4.23. The van der Waals surface area contributed by atoms with E-state index in [-0.39, 0.29) is 11.8 Å². The molecule has 1 heterocycles. The number of nitrogens with zero attached hydrogens (tertiary/aromatic N) is 1. The first-order valence-electron chi connectivity index (χ1n) is 5.01. The summed E-state index contributed by atoms with van der Waals surface area (Å²) in [6.07, 6.45) is 0.610. The molecule has 1 aromatic rings. The number of hydrogen-bond donors (Lipinski definition) is 1. The molecule has 0 spiro atoms. The fraction of sp³-hybridized carbons (Fsp3) is 0.273. The molecule has 0 aromatic heterocycles. The molecule has 2 rings (SSSR count). The lowest BCUT2D eigenvalue weighted by atomic mass is 10.1. The zero-order valence-corrected chi connectivity index (χ0v) is 9.33. The monoisotopic (exact) mass is 238 g/mol. The maximum absolute atomic E-state index is 11.9. The minimum Gasteiger partial charge on any atom is -0.330 e. The van der Waals surface area contributed by atoms with Gasteiger partial charge in [0.1, 0.15) is 0 Å². The predicted octanol–water partition coefficient (Wildman–Crippen LogP) is 1.28. The molecule has 4 nitrogen and oxygen atoms in total. The molecule has 0 saturated carbocycles. The molecule has 0 bridgehead atoms. The summed E-state index contributed by atoms with van der Waals surface area (Å²) in [7, 11) is 0. The van der Waals surface area contributed by atoms with Gasteiger partial charge < -0.3 is 5.73 Å². The third-order valence-electron chi connectivity index (χ3n) is 2.52.